The summed E-state index contributed by atoms with van der Waals surface area (Å²) in [6.45, 7) is 3.25. The van der Waals surface area contributed by atoms with E-state index < -0.39 is 11.6 Å². The highest BCUT2D eigenvalue weighted by Crippen LogP contribution is 2.28. The lowest BCUT2D eigenvalue weighted by Crippen LogP contribution is -2.03. The van der Waals surface area contributed by atoms with Crippen LogP contribution in [0.2, 0.25) is 0 Å². The maximum atomic E-state index is 14.3. The summed E-state index contributed by atoms with van der Waals surface area (Å²) in [6, 6.07) is 8.69. The number of nitrogens with one attached hydrogen (secondary N) is 1. The van der Waals surface area contributed by atoms with Crippen molar-refractivity contribution in [2.75, 3.05) is 0 Å². The molecule has 2 nitrogen and oxygen atoms in total. The van der Waals surface area contributed by atoms with E-state index in [-0.39, 0.29) is 24.3 Å². The predicted molar refractivity (Wildman–Crippen MR) is 83.3 cm³/mol. The van der Waals surface area contributed by atoms with Crippen LogP contribution in [0.5, 0.6) is 0 Å². The molecule has 0 atom stereocenters. The second-order valence-electron chi connectivity index (χ2n) is 5.33. The fourth-order valence-electron chi connectivity index (χ4n) is 2.25. The Hall–Kier alpha value is -2.36. The minimum atomic E-state index is -0.501. The molecular weight excluding hydrogens is 284 g/mol. The van der Waals surface area contributed by atoms with Gasteiger partial charge < -0.3 is 10.2 Å². The maximum Gasteiger partial charge on any atom is 0.131 e. The SMILES string of the molecule is CC(=O)CCC(=N)c1ccc(-c2cc(F)ccc2C)c(F)c1. The van der Waals surface area contributed by atoms with E-state index >= 15 is 0 Å². The molecule has 0 amide bonds. The molecule has 0 aromatic heterocycles. The standard InChI is InChI=1S/C18H17F2NO/c1-11-3-6-14(19)10-16(11)15-7-5-13(9-17(15)20)18(21)8-4-12(2)22/h3,5-7,9-10,21H,4,8H2,1-2H3. The first-order chi connectivity index (χ1) is 10.4. The third kappa shape index (κ3) is 3.64. The molecule has 0 saturated heterocycles. The second kappa shape index (κ2) is 6.60. The third-order valence-corrected chi connectivity index (χ3v) is 3.53. The molecule has 22 heavy (non-hydrogen) atoms. The number of benzene rings is 2. The van der Waals surface area contributed by atoms with Crippen molar-refractivity contribution in [3.05, 3.63) is 59.2 Å². The normalized spacial score (nSPS) is 10.5. The van der Waals surface area contributed by atoms with Crippen molar-refractivity contribution >= 4 is 11.5 Å². The monoisotopic (exact) mass is 301 g/mol. The lowest BCUT2D eigenvalue weighted by atomic mass is 9.96. The van der Waals surface area contributed by atoms with Gasteiger partial charge in [0.1, 0.15) is 17.4 Å². The molecule has 0 aliphatic carbocycles. The van der Waals surface area contributed by atoms with Crippen LogP contribution in [0.1, 0.15) is 30.9 Å². The number of Topliss-reactive ketones (excluding diaryl/α,β-unsaturated/α-hetero) is 1. The minimum Gasteiger partial charge on any atom is -0.305 e. The minimum absolute atomic E-state index is 0.00257. The zero-order valence-electron chi connectivity index (χ0n) is 12.5. The average molecular weight is 301 g/mol. The second-order valence-corrected chi connectivity index (χ2v) is 5.33. The molecule has 0 heterocycles. The van der Waals surface area contributed by atoms with Crippen molar-refractivity contribution in [2.45, 2.75) is 26.7 Å². The number of aryl methyl sites for hydroxylation is 1. The molecule has 0 radical (unpaired) electrons. The molecule has 0 bridgehead atoms. The molecule has 0 saturated carbocycles. The molecule has 1 N–H and O–H groups in total. The highest BCUT2D eigenvalue weighted by molar-refractivity contribution is 6.00. The van der Waals surface area contributed by atoms with E-state index in [9.17, 15) is 13.6 Å². The molecule has 2 rings (SSSR count). The summed E-state index contributed by atoms with van der Waals surface area (Å²) in [6.07, 6.45) is 0.554. The number of hydrogen-bond acceptors (Lipinski definition) is 2. The fourth-order valence-corrected chi connectivity index (χ4v) is 2.25. The number of carbonyl (C=O) groups is 1. The van der Waals surface area contributed by atoms with Gasteiger partial charge in [-0.15, -0.1) is 0 Å². The van der Waals surface area contributed by atoms with Crippen LogP contribution in [-0.2, 0) is 4.79 Å². The van der Waals surface area contributed by atoms with Crippen molar-refractivity contribution in [1.29, 1.82) is 5.41 Å². The molecule has 2 aromatic rings. The van der Waals surface area contributed by atoms with Gasteiger partial charge in [-0.1, -0.05) is 18.2 Å². The van der Waals surface area contributed by atoms with Crippen LogP contribution in [0.25, 0.3) is 11.1 Å². The fraction of sp³-hybridized carbons (Fsp3) is 0.222. The van der Waals surface area contributed by atoms with Crippen LogP contribution in [0.4, 0.5) is 8.78 Å². The lowest BCUT2D eigenvalue weighted by Gasteiger charge is -2.10. The smallest absolute Gasteiger partial charge is 0.131 e. The predicted octanol–water partition coefficient (Wildman–Crippen LogP) is 4.68. The third-order valence-electron chi connectivity index (χ3n) is 3.53. The van der Waals surface area contributed by atoms with E-state index in [1.807, 2.05) is 0 Å². The number of hydrogen-bond donors (Lipinski definition) is 1. The molecule has 2 aromatic carbocycles. The van der Waals surface area contributed by atoms with Crippen LogP contribution in [0.3, 0.4) is 0 Å². The van der Waals surface area contributed by atoms with E-state index in [2.05, 4.69) is 0 Å². The first kappa shape index (κ1) is 16.0. The van der Waals surface area contributed by atoms with E-state index in [0.29, 0.717) is 16.7 Å². The molecule has 4 heteroatoms. The summed E-state index contributed by atoms with van der Waals surface area (Å²) >= 11 is 0. The molecular formula is C18H17F2NO. The Morgan fingerprint density at radius 1 is 1.05 bits per heavy atom. The van der Waals surface area contributed by atoms with Crippen molar-refractivity contribution in [1.82, 2.24) is 0 Å². The molecule has 0 spiro atoms. The summed E-state index contributed by atoms with van der Waals surface area (Å²) in [7, 11) is 0. The number of rotatable bonds is 5. The van der Waals surface area contributed by atoms with E-state index in [1.165, 1.54) is 25.1 Å². The Bertz CT molecular complexity index is 738. The Kier molecular flexibility index (Phi) is 4.81. The average Bonchev–Trinajstić information content (AvgIpc) is 2.47. The lowest BCUT2D eigenvalue weighted by molar-refractivity contribution is -0.116. The van der Waals surface area contributed by atoms with Crippen LogP contribution >= 0.6 is 0 Å². The Balaban J connectivity index is 2.32. The summed E-state index contributed by atoms with van der Waals surface area (Å²) in [5, 5.41) is 7.89. The molecule has 0 aliphatic rings. The van der Waals surface area contributed by atoms with Crippen LogP contribution in [0.15, 0.2) is 36.4 Å². The van der Waals surface area contributed by atoms with Crippen LogP contribution in [-0.4, -0.2) is 11.5 Å². The van der Waals surface area contributed by atoms with Crippen molar-refractivity contribution in [3.8, 4) is 11.1 Å². The van der Waals surface area contributed by atoms with Crippen molar-refractivity contribution in [2.24, 2.45) is 0 Å². The van der Waals surface area contributed by atoms with Gasteiger partial charge in [-0.25, -0.2) is 8.78 Å². The Morgan fingerprint density at radius 3 is 2.41 bits per heavy atom. The summed E-state index contributed by atoms with van der Waals surface area (Å²) in [5.74, 6) is -0.922. The number of carbonyl (C=O) groups excluding carboxylic acids is 1. The number of halogens is 2. The quantitative estimate of drug-likeness (QED) is 0.801. The highest BCUT2D eigenvalue weighted by atomic mass is 19.1. The van der Waals surface area contributed by atoms with E-state index in [0.717, 1.165) is 5.56 Å². The zero-order chi connectivity index (χ0) is 16.3. The van der Waals surface area contributed by atoms with Gasteiger partial charge in [0.25, 0.3) is 0 Å². The summed E-state index contributed by atoms with van der Waals surface area (Å²) < 4.78 is 27.7. The summed E-state index contributed by atoms with van der Waals surface area (Å²) in [4.78, 5) is 10.9. The Morgan fingerprint density at radius 2 is 1.77 bits per heavy atom. The van der Waals surface area contributed by atoms with Crippen molar-refractivity contribution < 1.29 is 13.6 Å². The van der Waals surface area contributed by atoms with E-state index in [4.69, 9.17) is 5.41 Å². The molecule has 0 fully saturated rings. The Labute approximate surface area is 128 Å². The maximum absolute atomic E-state index is 14.3. The first-order valence-corrected chi connectivity index (χ1v) is 7.02. The highest BCUT2D eigenvalue weighted by Gasteiger charge is 2.12. The first-order valence-electron chi connectivity index (χ1n) is 7.02. The summed E-state index contributed by atoms with van der Waals surface area (Å²) in [5.41, 5.74) is 2.24. The van der Waals surface area contributed by atoms with Gasteiger partial charge in [-0.05, 0) is 55.2 Å². The van der Waals surface area contributed by atoms with Gasteiger partial charge in [0.2, 0.25) is 0 Å². The van der Waals surface area contributed by atoms with Gasteiger partial charge in [-0.3, -0.25) is 0 Å². The molecule has 0 unspecified atom stereocenters. The van der Waals surface area contributed by atoms with Gasteiger partial charge in [0, 0.05) is 17.7 Å². The van der Waals surface area contributed by atoms with Crippen molar-refractivity contribution in [3.63, 3.8) is 0 Å². The van der Waals surface area contributed by atoms with Gasteiger partial charge in [-0.2, -0.15) is 0 Å². The zero-order valence-corrected chi connectivity index (χ0v) is 12.5. The van der Waals surface area contributed by atoms with Gasteiger partial charge in [0.05, 0.1) is 0 Å². The van der Waals surface area contributed by atoms with Crippen LogP contribution < -0.4 is 0 Å². The van der Waals surface area contributed by atoms with Gasteiger partial charge in [0.15, 0.2) is 0 Å². The van der Waals surface area contributed by atoms with E-state index in [1.54, 1.807) is 25.1 Å². The molecule has 0 aliphatic heterocycles. The number of ketones is 1. The largest absolute Gasteiger partial charge is 0.305 e. The van der Waals surface area contributed by atoms with Gasteiger partial charge >= 0.3 is 0 Å². The van der Waals surface area contributed by atoms with Crippen LogP contribution in [0, 0.1) is 24.0 Å². The topological polar surface area (TPSA) is 40.9 Å². The molecule has 114 valence electrons.